The van der Waals surface area contributed by atoms with Crippen molar-refractivity contribution in [3.05, 3.63) is 48.3 Å². The molecule has 1 aromatic carbocycles. The van der Waals surface area contributed by atoms with E-state index in [-0.39, 0.29) is 6.04 Å². The number of carbonyl (C=O) groups excluding carboxylic acids is 1. The molecule has 1 fully saturated rings. The van der Waals surface area contributed by atoms with Gasteiger partial charge in [0.05, 0.1) is 37.1 Å². The molecule has 3 N–H and O–H groups in total. The van der Waals surface area contributed by atoms with Gasteiger partial charge >= 0.3 is 0 Å². The van der Waals surface area contributed by atoms with Crippen LogP contribution >= 0.6 is 0 Å². The highest BCUT2D eigenvalue weighted by molar-refractivity contribution is 6.02. The fraction of sp³-hybridized carbons (Fsp3) is 0.391. The molecule has 174 valence electrons. The second kappa shape index (κ2) is 9.14. The summed E-state index contributed by atoms with van der Waals surface area (Å²) in [6, 6.07) is 9.42. The highest BCUT2D eigenvalue weighted by Crippen LogP contribution is 2.26. The monoisotopic (exact) mass is 453 g/mol. The van der Waals surface area contributed by atoms with Crippen molar-refractivity contribution in [1.82, 2.24) is 24.9 Å². The van der Waals surface area contributed by atoms with Gasteiger partial charge in [0.2, 0.25) is 0 Å². The average molecular weight is 454 g/mol. The Morgan fingerprint density at radius 1 is 1.30 bits per heavy atom. The Labute approximate surface area is 191 Å². The van der Waals surface area contributed by atoms with Crippen molar-refractivity contribution in [2.24, 2.45) is 10.7 Å². The molecule has 9 nitrogen and oxygen atoms in total. The van der Waals surface area contributed by atoms with Gasteiger partial charge in [0.1, 0.15) is 11.5 Å². The Morgan fingerprint density at radius 3 is 2.67 bits per heavy atom. The summed E-state index contributed by atoms with van der Waals surface area (Å²) in [6.45, 7) is 3.92. The molecule has 3 aromatic rings. The number of aromatic nitrogens is 4. The van der Waals surface area contributed by atoms with Gasteiger partial charge in [0.25, 0.3) is 5.91 Å². The fourth-order valence-corrected chi connectivity index (χ4v) is 3.89. The van der Waals surface area contributed by atoms with Crippen LogP contribution < -0.4 is 5.73 Å². The summed E-state index contributed by atoms with van der Waals surface area (Å²) in [5, 5.41) is 11.7. The maximum atomic E-state index is 14.4. The topological polar surface area (TPSA) is 114 Å². The Hall–Kier alpha value is -3.53. The number of ether oxygens (including phenoxy) is 1. The van der Waals surface area contributed by atoms with Crippen molar-refractivity contribution in [1.29, 1.82) is 0 Å². The number of H-pyrrole nitrogens is 1. The highest BCUT2D eigenvalue weighted by Gasteiger charge is 2.37. The number of hydrogen-bond donors (Lipinski definition) is 2. The zero-order chi connectivity index (χ0) is 23.6. The van der Waals surface area contributed by atoms with E-state index < -0.39 is 11.6 Å². The first kappa shape index (κ1) is 22.7. The summed E-state index contributed by atoms with van der Waals surface area (Å²) in [5.41, 5.74) is 8.36. The molecule has 10 heteroatoms. The zero-order valence-electron chi connectivity index (χ0n) is 19.0. The number of morpholine rings is 1. The number of nitrogens with zero attached hydrogens (tertiary/aromatic N) is 5. The van der Waals surface area contributed by atoms with Crippen LogP contribution in [0.15, 0.2) is 47.7 Å². The maximum absolute atomic E-state index is 14.4. The van der Waals surface area contributed by atoms with Gasteiger partial charge in [-0.05, 0) is 25.5 Å². The number of nitrogens with two attached hydrogens (primary N) is 1. The molecule has 1 aliphatic heterocycles. The van der Waals surface area contributed by atoms with E-state index >= 15 is 0 Å². The van der Waals surface area contributed by atoms with Crippen molar-refractivity contribution in [3.8, 4) is 22.5 Å². The molecule has 4 rings (SSSR count). The third kappa shape index (κ3) is 4.80. The lowest BCUT2D eigenvalue weighted by molar-refractivity contribution is -0.151. The van der Waals surface area contributed by atoms with Crippen LogP contribution in [0.1, 0.15) is 19.4 Å². The average Bonchev–Trinajstić information content (AvgIpc) is 3.48. The van der Waals surface area contributed by atoms with Gasteiger partial charge in [-0.15, -0.1) is 0 Å². The van der Waals surface area contributed by atoms with E-state index in [4.69, 9.17) is 15.6 Å². The lowest BCUT2D eigenvalue weighted by Crippen LogP contribution is -2.55. The largest absolute Gasteiger partial charge is 0.383 e. The van der Waals surface area contributed by atoms with E-state index in [0.29, 0.717) is 43.4 Å². The van der Waals surface area contributed by atoms with E-state index in [2.05, 4.69) is 15.2 Å². The summed E-state index contributed by atoms with van der Waals surface area (Å²) in [5.74, 6) is -0.195. The molecule has 1 saturated heterocycles. The standard InChI is InChI=1S/C23H28FN7O2/c1-23(2,24)22(32)31-10-11-33-14-17(31)12-30-13-18(21(25)26-3)20(29-30)16-6-4-15(5-7-16)19-8-9-27-28-19/h4-9,13,17H,10-12,14H2,1-3H3,(H2,25,26)(H,27,28). The fourth-order valence-electron chi connectivity index (χ4n) is 3.89. The molecule has 0 saturated carbocycles. The maximum Gasteiger partial charge on any atom is 0.260 e. The number of aromatic amines is 1. The van der Waals surface area contributed by atoms with Crippen LogP contribution in [0.3, 0.4) is 0 Å². The Morgan fingerprint density at radius 2 is 2.03 bits per heavy atom. The molecule has 0 aliphatic carbocycles. The van der Waals surface area contributed by atoms with Crippen LogP contribution in [0.2, 0.25) is 0 Å². The molecular weight excluding hydrogens is 425 g/mol. The van der Waals surface area contributed by atoms with E-state index in [1.807, 2.05) is 30.3 Å². The molecule has 0 radical (unpaired) electrons. The van der Waals surface area contributed by atoms with E-state index in [9.17, 15) is 9.18 Å². The van der Waals surface area contributed by atoms with Crippen molar-refractivity contribution < 1.29 is 13.9 Å². The van der Waals surface area contributed by atoms with Crippen LogP contribution in [0.25, 0.3) is 22.5 Å². The lowest BCUT2D eigenvalue weighted by Gasteiger charge is -2.37. The summed E-state index contributed by atoms with van der Waals surface area (Å²) in [4.78, 5) is 18.3. The highest BCUT2D eigenvalue weighted by atomic mass is 19.1. The molecule has 1 atom stereocenters. The Balaban J connectivity index is 1.63. The van der Waals surface area contributed by atoms with Gasteiger partial charge in [-0.1, -0.05) is 24.3 Å². The SMILES string of the molecule is CN=C(N)c1cn(CC2COCCN2C(=O)C(C)(C)F)nc1-c1ccc(-c2ccn[nH]2)cc1. The van der Waals surface area contributed by atoms with Gasteiger partial charge in [-0.2, -0.15) is 10.2 Å². The first-order chi connectivity index (χ1) is 15.8. The third-order valence-corrected chi connectivity index (χ3v) is 5.64. The van der Waals surface area contributed by atoms with E-state index in [0.717, 1.165) is 16.8 Å². The summed E-state index contributed by atoms with van der Waals surface area (Å²) in [6.07, 6.45) is 3.51. The molecule has 0 bridgehead atoms. The number of rotatable bonds is 6. The molecule has 1 unspecified atom stereocenters. The zero-order valence-corrected chi connectivity index (χ0v) is 19.0. The molecule has 33 heavy (non-hydrogen) atoms. The number of alkyl halides is 1. The van der Waals surface area contributed by atoms with Crippen molar-refractivity contribution >= 4 is 11.7 Å². The predicted octanol–water partition coefficient (Wildman–Crippen LogP) is 2.25. The number of amides is 1. The van der Waals surface area contributed by atoms with Crippen molar-refractivity contribution in [2.75, 3.05) is 26.8 Å². The summed E-state index contributed by atoms with van der Waals surface area (Å²) < 4.78 is 21.7. The van der Waals surface area contributed by atoms with Crippen molar-refractivity contribution in [3.63, 3.8) is 0 Å². The second-order valence-corrected chi connectivity index (χ2v) is 8.47. The van der Waals surface area contributed by atoms with Gasteiger partial charge in [-0.3, -0.25) is 19.6 Å². The van der Waals surface area contributed by atoms with Gasteiger partial charge in [0.15, 0.2) is 5.67 Å². The molecular formula is C23H28FN7O2. The van der Waals surface area contributed by atoms with E-state index in [1.54, 1.807) is 29.0 Å². The van der Waals surface area contributed by atoms with Gasteiger partial charge in [0, 0.05) is 31.5 Å². The molecule has 1 amide bonds. The predicted molar refractivity (Wildman–Crippen MR) is 123 cm³/mol. The first-order valence-electron chi connectivity index (χ1n) is 10.8. The minimum Gasteiger partial charge on any atom is -0.383 e. The van der Waals surface area contributed by atoms with Crippen LogP contribution in [-0.2, 0) is 16.1 Å². The minimum absolute atomic E-state index is 0.308. The number of carbonyl (C=O) groups is 1. The summed E-state index contributed by atoms with van der Waals surface area (Å²) >= 11 is 0. The van der Waals surface area contributed by atoms with Crippen LogP contribution in [0, 0.1) is 0 Å². The van der Waals surface area contributed by atoms with E-state index in [1.165, 1.54) is 13.8 Å². The third-order valence-electron chi connectivity index (χ3n) is 5.64. The van der Waals surface area contributed by atoms with Gasteiger partial charge in [-0.25, -0.2) is 4.39 Å². The minimum atomic E-state index is -1.95. The quantitative estimate of drug-likeness (QED) is 0.439. The number of nitrogens with one attached hydrogen (secondary N) is 1. The first-order valence-corrected chi connectivity index (χ1v) is 10.8. The van der Waals surface area contributed by atoms with Crippen LogP contribution in [0.5, 0.6) is 0 Å². The Kier molecular flexibility index (Phi) is 6.28. The number of hydrogen-bond acceptors (Lipinski definition) is 5. The Bertz CT molecular complexity index is 1130. The molecule has 3 heterocycles. The normalized spacial score (nSPS) is 17.4. The van der Waals surface area contributed by atoms with Gasteiger partial charge < -0.3 is 15.4 Å². The van der Waals surface area contributed by atoms with Crippen LogP contribution in [0.4, 0.5) is 4.39 Å². The molecule has 1 aliphatic rings. The number of benzene rings is 1. The summed E-state index contributed by atoms with van der Waals surface area (Å²) in [7, 11) is 1.62. The molecule has 0 spiro atoms. The smallest absolute Gasteiger partial charge is 0.260 e. The number of aliphatic imine (C=N–C) groups is 1. The molecule has 2 aromatic heterocycles. The second-order valence-electron chi connectivity index (χ2n) is 8.47. The number of halogens is 1. The van der Waals surface area contributed by atoms with Crippen LogP contribution in [-0.4, -0.2) is 75.1 Å². The van der Waals surface area contributed by atoms with Crippen molar-refractivity contribution in [2.45, 2.75) is 32.1 Å². The lowest BCUT2D eigenvalue weighted by atomic mass is 10.0. The number of amidine groups is 1.